The Hall–Kier alpha value is -7.36. The van der Waals surface area contributed by atoms with Crippen molar-refractivity contribution in [3.05, 3.63) is 246 Å². The molecule has 294 valence electrons. The maximum absolute atomic E-state index is 2.66. The Balaban J connectivity index is 1.23. The zero-order valence-electron chi connectivity index (χ0n) is 35.3. The van der Waals surface area contributed by atoms with Gasteiger partial charge in [-0.15, -0.1) is 0 Å². The standard InChI is InChI=1S/C59H45BN2/c1-58(2,3)46-38-49-48-29-16-18-33-53(48)62(47-36-42(40-21-8-4-9-22-40)35-43(37-47)41-23-10-5-11-24-41)60-52-32-20-31-51-57(52)61(55(39-46)56(49)60)54-34-19-17-30-50(54)59(51,44-25-12-6-13-26-44)45-27-14-7-15-28-45/h4-39H,1-3H3. The largest absolute Gasteiger partial charge is 0.376 e. The van der Waals surface area contributed by atoms with Gasteiger partial charge in [-0.25, -0.2) is 0 Å². The van der Waals surface area contributed by atoms with Gasteiger partial charge in [0.1, 0.15) is 0 Å². The molecule has 0 unspecified atom stereocenters. The second-order valence-corrected chi connectivity index (χ2v) is 18.1. The lowest BCUT2D eigenvalue weighted by atomic mass is 9.42. The van der Waals surface area contributed by atoms with E-state index in [1.165, 1.54) is 101 Å². The van der Waals surface area contributed by atoms with Crippen LogP contribution in [0.15, 0.2) is 218 Å². The molecule has 0 N–H and O–H groups in total. The molecular weight excluding hydrogens is 747 g/mol. The maximum Gasteiger partial charge on any atom is 0.333 e. The molecule has 9 aromatic rings. The molecule has 2 nitrogen and oxygen atoms in total. The molecule has 0 saturated heterocycles. The molecular formula is C59H45BN2. The second-order valence-electron chi connectivity index (χ2n) is 18.1. The molecule has 3 aliphatic heterocycles. The van der Waals surface area contributed by atoms with E-state index < -0.39 is 5.41 Å². The number of nitrogens with zero attached hydrogens (tertiary/aromatic N) is 2. The van der Waals surface area contributed by atoms with Gasteiger partial charge in [0.2, 0.25) is 0 Å². The van der Waals surface area contributed by atoms with Crippen LogP contribution in [0, 0.1) is 0 Å². The highest BCUT2D eigenvalue weighted by molar-refractivity contribution is 6.93. The predicted octanol–water partition coefficient (Wildman–Crippen LogP) is 13.7. The smallest absolute Gasteiger partial charge is 0.333 e. The Labute approximate surface area is 365 Å². The Morgan fingerprint density at radius 3 is 1.56 bits per heavy atom. The fourth-order valence-corrected chi connectivity index (χ4v) is 10.9. The van der Waals surface area contributed by atoms with Gasteiger partial charge in [-0.2, -0.15) is 0 Å². The average molecular weight is 793 g/mol. The summed E-state index contributed by atoms with van der Waals surface area (Å²) in [5.41, 5.74) is 21.9. The van der Waals surface area contributed by atoms with Crippen molar-refractivity contribution < 1.29 is 0 Å². The SMILES string of the molecule is CC(C)(C)c1cc2c3c(c1)N1c4ccccc4C(c4ccccc4)(c4ccccc4)c4cccc(c41)B3N(c1cc(-c3ccccc3)cc(-c3ccccc3)c1)c1ccccc1-2. The van der Waals surface area contributed by atoms with Crippen molar-refractivity contribution in [1.82, 2.24) is 0 Å². The predicted molar refractivity (Wildman–Crippen MR) is 262 cm³/mol. The zero-order chi connectivity index (χ0) is 41.6. The molecule has 0 amide bonds. The van der Waals surface area contributed by atoms with Crippen LogP contribution in [-0.2, 0) is 10.8 Å². The topological polar surface area (TPSA) is 6.48 Å². The summed E-state index contributed by atoms with van der Waals surface area (Å²) in [6, 6.07) is 81.7. The molecule has 0 fully saturated rings. The van der Waals surface area contributed by atoms with E-state index in [0.29, 0.717) is 0 Å². The summed E-state index contributed by atoms with van der Waals surface area (Å²) in [7, 11) is 0. The van der Waals surface area contributed by atoms with Crippen LogP contribution in [0.1, 0.15) is 48.6 Å². The third-order valence-corrected chi connectivity index (χ3v) is 13.6. The van der Waals surface area contributed by atoms with Gasteiger partial charge in [0, 0.05) is 28.3 Å². The van der Waals surface area contributed by atoms with E-state index >= 15 is 0 Å². The number of hydrogen-bond acceptors (Lipinski definition) is 2. The van der Waals surface area contributed by atoms with Crippen molar-refractivity contribution >= 4 is 46.2 Å². The minimum absolute atomic E-state index is 0.0887. The van der Waals surface area contributed by atoms with Crippen LogP contribution < -0.4 is 20.6 Å². The van der Waals surface area contributed by atoms with Crippen LogP contribution in [0.4, 0.5) is 28.4 Å². The Morgan fingerprint density at radius 2 is 0.952 bits per heavy atom. The third-order valence-electron chi connectivity index (χ3n) is 13.6. The first kappa shape index (κ1) is 36.5. The molecule has 0 bridgehead atoms. The average Bonchev–Trinajstić information content (AvgIpc) is 3.33. The molecule has 0 saturated carbocycles. The van der Waals surface area contributed by atoms with Gasteiger partial charge < -0.3 is 9.71 Å². The lowest BCUT2D eigenvalue weighted by Crippen LogP contribution is -2.62. The lowest BCUT2D eigenvalue weighted by molar-refractivity contribution is 0.590. The van der Waals surface area contributed by atoms with Gasteiger partial charge in [0.15, 0.2) is 0 Å². The van der Waals surface area contributed by atoms with Crippen LogP contribution in [0.25, 0.3) is 33.4 Å². The first-order valence-electron chi connectivity index (χ1n) is 21.9. The van der Waals surface area contributed by atoms with Crippen molar-refractivity contribution in [2.45, 2.75) is 31.6 Å². The van der Waals surface area contributed by atoms with Crippen LogP contribution in [0.5, 0.6) is 0 Å². The first-order chi connectivity index (χ1) is 30.4. The monoisotopic (exact) mass is 792 g/mol. The molecule has 9 aromatic carbocycles. The summed E-state index contributed by atoms with van der Waals surface area (Å²) in [6.45, 7) is 6.92. The maximum atomic E-state index is 2.66. The lowest BCUT2D eigenvalue weighted by Gasteiger charge is -2.52. The van der Waals surface area contributed by atoms with Gasteiger partial charge in [0.05, 0.1) is 11.1 Å². The van der Waals surface area contributed by atoms with Crippen LogP contribution >= 0.6 is 0 Å². The highest BCUT2D eigenvalue weighted by atomic mass is 15.2. The van der Waals surface area contributed by atoms with Crippen LogP contribution in [-0.4, -0.2) is 6.85 Å². The van der Waals surface area contributed by atoms with Crippen LogP contribution in [0.2, 0.25) is 0 Å². The molecule has 62 heavy (non-hydrogen) atoms. The number of fused-ring (bicyclic) bond motifs is 6. The minimum Gasteiger partial charge on any atom is -0.376 e. The molecule has 0 aliphatic carbocycles. The van der Waals surface area contributed by atoms with E-state index in [1.807, 2.05) is 0 Å². The number of rotatable bonds is 5. The Kier molecular flexibility index (Phi) is 8.15. The van der Waals surface area contributed by atoms with Crippen molar-refractivity contribution in [1.29, 1.82) is 0 Å². The molecule has 3 heteroatoms. The fraction of sp³-hybridized carbons (Fsp3) is 0.0847. The number of hydrogen-bond donors (Lipinski definition) is 0. The normalized spacial score (nSPS) is 14.1. The van der Waals surface area contributed by atoms with Crippen molar-refractivity contribution in [2.24, 2.45) is 0 Å². The Morgan fingerprint density at radius 1 is 0.419 bits per heavy atom. The van der Waals surface area contributed by atoms with Gasteiger partial charge in [0.25, 0.3) is 0 Å². The number of anilines is 5. The minimum atomic E-state index is -0.575. The quantitative estimate of drug-likeness (QED) is 0.160. The molecule has 0 aromatic heterocycles. The van der Waals surface area contributed by atoms with E-state index in [2.05, 4.69) is 249 Å². The highest BCUT2D eigenvalue weighted by Gasteiger charge is 2.53. The van der Waals surface area contributed by atoms with E-state index in [0.717, 1.165) is 0 Å². The van der Waals surface area contributed by atoms with E-state index in [4.69, 9.17) is 0 Å². The van der Waals surface area contributed by atoms with Crippen molar-refractivity contribution in [3.63, 3.8) is 0 Å². The summed E-state index contributed by atoms with van der Waals surface area (Å²) in [5.74, 6) is 0. The van der Waals surface area contributed by atoms with E-state index in [1.54, 1.807) is 0 Å². The number of benzene rings is 9. The summed E-state index contributed by atoms with van der Waals surface area (Å²) < 4.78 is 0. The van der Waals surface area contributed by atoms with E-state index in [9.17, 15) is 0 Å². The molecule has 0 radical (unpaired) electrons. The fourth-order valence-electron chi connectivity index (χ4n) is 10.9. The number of para-hydroxylation sites is 3. The molecule has 0 atom stereocenters. The van der Waals surface area contributed by atoms with Crippen LogP contribution in [0.3, 0.4) is 0 Å². The highest BCUT2D eigenvalue weighted by Crippen LogP contribution is 2.59. The molecule has 0 spiro atoms. The molecule has 3 aliphatic rings. The van der Waals surface area contributed by atoms with Gasteiger partial charge >= 0.3 is 6.85 Å². The van der Waals surface area contributed by atoms with Crippen molar-refractivity contribution in [3.8, 4) is 33.4 Å². The van der Waals surface area contributed by atoms with E-state index in [-0.39, 0.29) is 12.3 Å². The van der Waals surface area contributed by atoms with Crippen molar-refractivity contribution in [2.75, 3.05) is 9.71 Å². The van der Waals surface area contributed by atoms with Gasteiger partial charge in [-0.05, 0) is 108 Å². The summed E-state index contributed by atoms with van der Waals surface area (Å²) in [5, 5.41) is 0. The molecule has 3 heterocycles. The Bertz CT molecular complexity index is 3070. The summed E-state index contributed by atoms with van der Waals surface area (Å²) >= 11 is 0. The van der Waals surface area contributed by atoms with Gasteiger partial charge in [-0.1, -0.05) is 203 Å². The first-order valence-corrected chi connectivity index (χ1v) is 21.9. The molecule has 12 rings (SSSR count). The van der Waals surface area contributed by atoms with Gasteiger partial charge in [-0.3, -0.25) is 0 Å². The summed E-state index contributed by atoms with van der Waals surface area (Å²) in [6.07, 6.45) is 0. The third kappa shape index (κ3) is 5.31. The zero-order valence-corrected chi connectivity index (χ0v) is 35.3. The summed E-state index contributed by atoms with van der Waals surface area (Å²) in [4.78, 5) is 5.30. The second kappa shape index (κ2) is 13.8.